The lowest BCUT2D eigenvalue weighted by molar-refractivity contribution is 0.0471. The zero-order chi connectivity index (χ0) is 18.5. The van der Waals surface area contributed by atoms with E-state index in [1.807, 2.05) is 30.5 Å². The Morgan fingerprint density at radius 2 is 1.81 bits per heavy atom. The van der Waals surface area contributed by atoms with Crippen LogP contribution < -0.4 is 4.74 Å². The molecule has 0 radical (unpaired) electrons. The molecule has 5 heteroatoms. The first-order valence-electron chi connectivity index (χ1n) is 8.66. The number of Topliss-reactive ketones (excluding diaryl/α,β-unsaturated/α-hetero) is 1. The van der Waals surface area contributed by atoms with E-state index in [-0.39, 0.29) is 12.4 Å². The van der Waals surface area contributed by atoms with Crippen molar-refractivity contribution in [2.24, 2.45) is 0 Å². The number of aryl methyl sites for hydroxylation is 2. The minimum atomic E-state index is -0.555. The number of ketones is 1. The molecule has 136 valence electrons. The van der Waals surface area contributed by atoms with E-state index in [0.29, 0.717) is 16.9 Å². The van der Waals surface area contributed by atoms with E-state index in [1.165, 1.54) is 24.7 Å². The smallest absolute Gasteiger partial charge is 0.342 e. The van der Waals surface area contributed by atoms with Crippen LogP contribution in [0.4, 0.5) is 0 Å². The third kappa shape index (κ3) is 4.10. The van der Waals surface area contributed by atoms with E-state index in [2.05, 4.69) is 0 Å². The van der Waals surface area contributed by atoms with Crippen LogP contribution in [0.25, 0.3) is 0 Å². The summed E-state index contributed by atoms with van der Waals surface area (Å²) < 4.78 is 10.5. The maximum atomic E-state index is 12.4. The van der Waals surface area contributed by atoms with Crippen molar-refractivity contribution < 1.29 is 19.1 Å². The van der Waals surface area contributed by atoms with Gasteiger partial charge in [-0.25, -0.2) is 4.79 Å². The third-order valence-electron chi connectivity index (χ3n) is 4.63. The number of thioether (sulfide) groups is 1. The number of carbonyl (C=O) groups is 2. The Morgan fingerprint density at radius 1 is 1.04 bits per heavy atom. The van der Waals surface area contributed by atoms with Crippen molar-refractivity contribution in [3.63, 3.8) is 0 Å². The lowest BCUT2D eigenvalue weighted by Gasteiger charge is -2.16. The summed E-state index contributed by atoms with van der Waals surface area (Å²) in [5, 5.41) is 0. The molecular formula is C21H22O4S. The summed E-state index contributed by atoms with van der Waals surface area (Å²) in [6, 6.07) is 11.1. The molecule has 0 heterocycles. The number of ether oxygens (including phenoxy) is 2. The Kier molecular flexibility index (Phi) is 5.99. The normalized spacial score (nSPS) is 13.0. The van der Waals surface area contributed by atoms with Gasteiger partial charge in [0.05, 0.1) is 7.11 Å². The van der Waals surface area contributed by atoms with Gasteiger partial charge < -0.3 is 9.47 Å². The highest BCUT2D eigenvalue weighted by Gasteiger charge is 2.18. The average molecular weight is 370 g/mol. The van der Waals surface area contributed by atoms with E-state index >= 15 is 0 Å². The summed E-state index contributed by atoms with van der Waals surface area (Å²) in [6.07, 6.45) is 6.39. The first-order chi connectivity index (χ1) is 12.6. The zero-order valence-corrected chi connectivity index (χ0v) is 15.9. The second-order valence-corrected chi connectivity index (χ2v) is 7.14. The van der Waals surface area contributed by atoms with Crippen molar-refractivity contribution in [1.82, 2.24) is 0 Å². The van der Waals surface area contributed by atoms with E-state index in [9.17, 15) is 9.59 Å². The van der Waals surface area contributed by atoms with Gasteiger partial charge in [0.25, 0.3) is 0 Å². The quantitative estimate of drug-likeness (QED) is 0.430. The predicted octanol–water partition coefficient (Wildman–Crippen LogP) is 4.34. The highest BCUT2D eigenvalue weighted by molar-refractivity contribution is 7.98. The van der Waals surface area contributed by atoms with Crippen molar-refractivity contribution in [1.29, 1.82) is 0 Å². The standard InChI is InChI=1S/C21H22O4S/c1-24-20-12-17(26-2)9-10-18(20)21(23)25-13-19(22)16-8-7-14-5-3-4-6-15(14)11-16/h7-12H,3-6,13H2,1-2H3. The van der Waals surface area contributed by atoms with E-state index in [0.717, 1.165) is 24.2 Å². The van der Waals surface area contributed by atoms with Crippen LogP contribution in [0.2, 0.25) is 0 Å². The van der Waals surface area contributed by atoms with Gasteiger partial charge in [-0.3, -0.25) is 4.79 Å². The number of fused-ring (bicyclic) bond motifs is 1. The van der Waals surface area contributed by atoms with Crippen molar-refractivity contribution in [2.45, 2.75) is 30.6 Å². The number of rotatable bonds is 6. The maximum absolute atomic E-state index is 12.4. The van der Waals surface area contributed by atoms with Crippen LogP contribution >= 0.6 is 11.8 Å². The highest BCUT2D eigenvalue weighted by Crippen LogP contribution is 2.26. The summed E-state index contributed by atoms with van der Waals surface area (Å²) >= 11 is 1.56. The van der Waals surface area contributed by atoms with E-state index in [4.69, 9.17) is 9.47 Å². The second kappa shape index (κ2) is 8.41. The monoisotopic (exact) mass is 370 g/mol. The molecule has 0 aliphatic heterocycles. The zero-order valence-electron chi connectivity index (χ0n) is 15.0. The number of carbonyl (C=O) groups excluding carboxylic acids is 2. The molecule has 0 N–H and O–H groups in total. The summed E-state index contributed by atoms with van der Waals surface area (Å²) in [7, 11) is 1.51. The maximum Gasteiger partial charge on any atom is 0.342 e. The van der Waals surface area contributed by atoms with E-state index < -0.39 is 5.97 Å². The molecule has 0 saturated heterocycles. The molecule has 0 atom stereocenters. The Labute approximate surface area is 157 Å². The number of benzene rings is 2. The summed E-state index contributed by atoms with van der Waals surface area (Å²) in [4.78, 5) is 25.7. The molecule has 0 unspecified atom stereocenters. The first kappa shape index (κ1) is 18.5. The molecule has 1 aliphatic rings. The van der Waals surface area contributed by atoms with Gasteiger partial charge in [0.15, 0.2) is 12.4 Å². The molecule has 0 amide bonds. The van der Waals surface area contributed by atoms with Gasteiger partial charge in [0.1, 0.15) is 11.3 Å². The summed E-state index contributed by atoms with van der Waals surface area (Å²) in [6.45, 7) is -0.273. The molecular weight excluding hydrogens is 348 g/mol. The summed E-state index contributed by atoms with van der Waals surface area (Å²) in [5.41, 5.74) is 3.48. The third-order valence-corrected chi connectivity index (χ3v) is 5.36. The molecule has 4 nitrogen and oxygen atoms in total. The topological polar surface area (TPSA) is 52.6 Å². The molecule has 0 aromatic heterocycles. The lowest BCUT2D eigenvalue weighted by atomic mass is 9.90. The lowest BCUT2D eigenvalue weighted by Crippen LogP contribution is -2.15. The van der Waals surface area contributed by atoms with Crippen molar-refractivity contribution >= 4 is 23.5 Å². The van der Waals surface area contributed by atoms with Crippen LogP contribution in [-0.4, -0.2) is 31.7 Å². The Bertz CT molecular complexity index is 829. The average Bonchev–Trinajstić information content (AvgIpc) is 2.70. The van der Waals surface area contributed by atoms with Gasteiger partial charge in [-0.1, -0.05) is 12.1 Å². The fourth-order valence-corrected chi connectivity index (χ4v) is 3.60. The highest BCUT2D eigenvalue weighted by atomic mass is 32.2. The van der Waals surface area contributed by atoms with E-state index in [1.54, 1.807) is 23.9 Å². The number of esters is 1. The minimum absolute atomic E-state index is 0.188. The van der Waals surface area contributed by atoms with Gasteiger partial charge in [0.2, 0.25) is 0 Å². The van der Waals surface area contributed by atoms with Gasteiger partial charge in [-0.15, -0.1) is 11.8 Å². The SMILES string of the molecule is COc1cc(SC)ccc1C(=O)OCC(=O)c1ccc2c(c1)CCCC2. The fraction of sp³-hybridized carbons (Fsp3) is 0.333. The largest absolute Gasteiger partial charge is 0.496 e. The molecule has 0 bridgehead atoms. The number of methoxy groups -OCH3 is 1. The molecule has 1 aliphatic carbocycles. The van der Waals surface area contributed by atoms with Crippen LogP contribution in [0.3, 0.4) is 0 Å². The van der Waals surface area contributed by atoms with Crippen LogP contribution in [0.1, 0.15) is 44.7 Å². The Morgan fingerprint density at radius 3 is 2.54 bits per heavy atom. The minimum Gasteiger partial charge on any atom is -0.496 e. The molecule has 0 fully saturated rings. The molecule has 0 saturated carbocycles. The molecule has 26 heavy (non-hydrogen) atoms. The number of hydrogen-bond donors (Lipinski definition) is 0. The summed E-state index contributed by atoms with van der Waals surface area (Å²) in [5.74, 6) is -0.296. The van der Waals surface area contributed by atoms with Gasteiger partial charge in [-0.2, -0.15) is 0 Å². The van der Waals surface area contributed by atoms with Gasteiger partial charge >= 0.3 is 5.97 Å². The Balaban J connectivity index is 1.67. The molecule has 2 aromatic rings. The molecule has 2 aromatic carbocycles. The van der Waals surface area contributed by atoms with Gasteiger partial charge in [-0.05, 0) is 67.3 Å². The predicted molar refractivity (Wildman–Crippen MR) is 102 cm³/mol. The second-order valence-electron chi connectivity index (χ2n) is 6.26. The van der Waals surface area contributed by atoms with Crippen molar-refractivity contribution in [3.8, 4) is 5.75 Å². The van der Waals surface area contributed by atoms with Crippen LogP contribution in [0.15, 0.2) is 41.3 Å². The molecule has 0 spiro atoms. The van der Waals surface area contributed by atoms with Crippen LogP contribution in [0, 0.1) is 0 Å². The van der Waals surface area contributed by atoms with Crippen LogP contribution in [0.5, 0.6) is 5.75 Å². The Hall–Kier alpha value is -2.27. The fourth-order valence-electron chi connectivity index (χ4n) is 3.17. The number of hydrogen-bond acceptors (Lipinski definition) is 5. The molecule has 3 rings (SSSR count). The van der Waals surface area contributed by atoms with Crippen LogP contribution in [-0.2, 0) is 17.6 Å². The first-order valence-corrected chi connectivity index (χ1v) is 9.89. The van der Waals surface area contributed by atoms with Crippen molar-refractivity contribution in [3.05, 3.63) is 58.7 Å². The van der Waals surface area contributed by atoms with Gasteiger partial charge in [0, 0.05) is 10.5 Å². The van der Waals surface area contributed by atoms with Crippen molar-refractivity contribution in [2.75, 3.05) is 20.0 Å².